The predicted molar refractivity (Wildman–Crippen MR) is 99.0 cm³/mol. The molecule has 0 fully saturated rings. The van der Waals surface area contributed by atoms with E-state index in [-0.39, 0.29) is 30.3 Å². The maximum absolute atomic E-state index is 11.3. The van der Waals surface area contributed by atoms with E-state index < -0.39 is 0 Å². The van der Waals surface area contributed by atoms with Crippen LogP contribution in [0.3, 0.4) is 0 Å². The second-order valence-electron chi connectivity index (χ2n) is 4.99. The third kappa shape index (κ3) is 5.63. The van der Waals surface area contributed by atoms with Gasteiger partial charge in [0.1, 0.15) is 34.9 Å². The summed E-state index contributed by atoms with van der Waals surface area (Å²) in [6.45, 7) is 1.33. The van der Waals surface area contributed by atoms with Crippen molar-refractivity contribution < 1.29 is 24.1 Å². The third-order valence-electron chi connectivity index (χ3n) is 3.27. The molecular weight excluding hydrogens is 412 g/mol. The van der Waals surface area contributed by atoms with Crippen LogP contribution in [-0.2, 0) is 11.3 Å². The Hall–Kier alpha value is -1.76. The monoisotopic (exact) mass is 428 g/mol. The number of rotatable bonds is 10. The number of carbonyl (C=O) groups is 1. The van der Waals surface area contributed by atoms with E-state index in [2.05, 4.69) is 15.9 Å². The van der Waals surface area contributed by atoms with Crippen LogP contribution < -0.4 is 9.47 Å². The maximum atomic E-state index is 11.3. The number of phenolic OH excluding ortho intramolecular Hbond substituents is 1. The molecule has 25 heavy (non-hydrogen) atoms. The molecule has 0 saturated carbocycles. The Kier molecular flexibility index (Phi) is 8.04. The summed E-state index contributed by atoms with van der Waals surface area (Å²) in [5.41, 5.74) is 1.01. The van der Waals surface area contributed by atoms with Crippen LogP contribution in [0.5, 0.6) is 17.2 Å². The fourth-order valence-electron chi connectivity index (χ4n) is 2.05. The summed E-state index contributed by atoms with van der Waals surface area (Å²) in [5, 5.41) is 10.2. The highest BCUT2D eigenvalue weighted by Gasteiger charge is 2.18. The number of alkyl halides is 1. The molecule has 0 heterocycles. The summed E-state index contributed by atoms with van der Waals surface area (Å²) < 4.78 is 16.8. The van der Waals surface area contributed by atoms with Gasteiger partial charge in [0.2, 0.25) is 0 Å². The van der Waals surface area contributed by atoms with Crippen molar-refractivity contribution in [2.75, 3.05) is 25.7 Å². The number of hydrogen-bond acceptors (Lipinski definition) is 5. The largest absolute Gasteiger partial charge is 0.506 e. The van der Waals surface area contributed by atoms with Crippen LogP contribution in [0.15, 0.2) is 40.9 Å². The van der Waals surface area contributed by atoms with E-state index >= 15 is 0 Å². The van der Waals surface area contributed by atoms with Crippen molar-refractivity contribution in [2.45, 2.75) is 6.61 Å². The molecule has 134 valence electrons. The molecule has 0 aromatic heterocycles. The molecule has 1 N–H and O–H groups in total. The highest BCUT2D eigenvalue weighted by atomic mass is 79.9. The summed E-state index contributed by atoms with van der Waals surface area (Å²) in [5.74, 6) is 0.796. The molecule has 0 aliphatic rings. The van der Waals surface area contributed by atoms with Gasteiger partial charge in [0.15, 0.2) is 6.29 Å². The number of aldehydes is 1. The molecule has 0 radical (unpaired) electrons. The van der Waals surface area contributed by atoms with Crippen LogP contribution >= 0.6 is 27.5 Å². The minimum Gasteiger partial charge on any atom is -0.506 e. The first-order valence-electron chi connectivity index (χ1n) is 7.61. The number of halogens is 2. The number of phenols is 1. The summed E-state index contributed by atoms with van der Waals surface area (Å²) in [4.78, 5) is 11.3. The van der Waals surface area contributed by atoms with Crippen molar-refractivity contribution in [2.24, 2.45) is 0 Å². The van der Waals surface area contributed by atoms with Gasteiger partial charge in [-0.1, -0.05) is 30.3 Å². The van der Waals surface area contributed by atoms with E-state index in [9.17, 15) is 9.90 Å². The van der Waals surface area contributed by atoms with Crippen molar-refractivity contribution >= 4 is 33.8 Å². The fraction of sp³-hybridized carbons (Fsp3) is 0.278. The van der Waals surface area contributed by atoms with Gasteiger partial charge < -0.3 is 19.3 Å². The average Bonchev–Trinajstić information content (AvgIpc) is 2.64. The number of hydrogen-bond donors (Lipinski definition) is 1. The van der Waals surface area contributed by atoms with Crippen molar-refractivity contribution in [3.8, 4) is 17.2 Å². The zero-order valence-corrected chi connectivity index (χ0v) is 15.8. The first kappa shape index (κ1) is 19.6. The van der Waals surface area contributed by atoms with E-state index in [0.29, 0.717) is 35.6 Å². The molecule has 0 spiro atoms. The molecule has 0 aliphatic carbocycles. The van der Waals surface area contributed by atoms with Gasteiger partial charge >= 0.3 is 0 Å². The van der Waals surface area contributed by atoms with Gasteiger partial charge in [0.05, 0.1) is 18.8 Å². The second-order valence-corrected chi connectivity index (χ2v) is 6.16. The fourth-order valence-corrected chi connectivity index (χ4v) is 2.60. The van der Waals surface area contributed by atoms with Gasteiger partial charge in [-0.05, 0) is 21.5 Å². The SMILES string of the molecule is O=Cc1c(OCc2ccccc2)cc(OCCOCCCl)c(Br)c1O. The van der Waals surface area contributed by atoms with Gasteiger partial charge in [0.25, 0.3) is 0 Å². The lowest BCUT2D eigenvalue weighted by Crippen LogP contribution is -2.09. The van der Waals surface area contributed by atoms with E-state index in [4.69, 9.17) is 25.8 Å². The predicted octanol–water partition coefficient (Wildman–Crippen LogP) is 4.18. The molecular formula is C18H18BrClO5. The lowest BCUT2D eigenvalue weighted by Gasteiger charge is -2.15. The van der Waals surface area contributed by atoms with Crippen molar-refractivity contribution in [1.29, 1.82) is 0 Å². The smallest absolute Gasteiger partial charge is 0.157 e. The number of ether oxygens (including phenoxy) is 3. The summed E-state index contributed by atoms with van der Waals surface area (Å²) in [6, 6.07) is 11.1. The zero-order valence-electron chi connectivity index (χ0n) is 13.4. The lowest BCUT2D eigenvalue weighted by atomic mass is 10.2. The van der Waals surface area contributed by atoms with E-state index in [1.807, 2.05) is 30.3 Å². The first-order valence-corrected chi connectivity index (χ1v) is 8.94. The lowest BCUT2D eigenvalue weighted by molar-refractivity contribution is 0.110. The van der Waals surface area contributed by atoms with Crippen LogP contribution in [0.4, 0.5) is 0 Å². The van der Waals surface area contributed by atoms with E-state index in [1.165, 1.54) is 0 Å². The normalized spacial score (nSPS) is 10.5. The molecule has 0 saturated heterocycles. The quantitative estimate of drug-likeness (QED) is 0.349. The average molecular weight is 430 g/mol. The van der Waals surface area contributed by atoms with Crippen LogP contribution in [0.1, 0.15) is 15.9 Å². The van der Waals surface area contributed by atoms with Gasteiger partial charge in [0, 0.05) is 11.9 Å². The number of aromatic hydroxyl groups is 1. The Morgan fingerprint density at radius 3 is 2.52 bits per heavy atom. The Bertz CT molecular complexity index is 694. The van der Waals surface area contributed by atoms with Crippen molar-refractivity contribution in [3.05, 3.63) is 52.0 Å². The minimum atomic E-state index is -0.225. The standard InChI is InChI=1S/C18H18BrClO5/c19-17-16(24-9-8-23-7-6-20)10-15(14(11-21)18(17)22)25-12-13-4-2-1-3-5-13/h1-5,10-11,22H,6-9,12H2. The van der Waals surface area contributed by atoms with Crippen LogP contribution in [0.2, 0.25) is 0 Å². The zero-order chi connectivity index (χ0) is 18.1. The second kappa shape index (κ2) is 10.3. The van der Waals surface area contributed by atoms with Gasteiger partial charge in [-0.3, -0.25) is 4.79 Å². The molecule has 0 atom stereocenters. The molecule has 0 bridgehead atoms. The third-order valence-corrected chi connectivity index (χ3v) is 4.19. The first-order chi connectivity index (χ1) is 12.2. The van der Waals surface area contributed by atoms with Gasteiger partial charge in [-0.2, -0.15) is 0 Å². The van der Waals surface area contributed by atoms with Gasteiger partial charge in [-0.15, -0.1) is 11.6 Å². The molecule has 7 heteroatoms. The highest BCUT2D eigenvalue weighted by Crippen LogP contribution is 2.41. The molecule has 0 unspecified atom stereocenters. The van der Waals surface area contributed by atoms with Gasteiger partial charge in [-0.25, -0.2) is 0 Å². The highest BCUT2D eigenvalue weighted by molar-refractivity contribution is 9.10. The van der Waals surface area contributed by atoms with E-state index in [1.54, 1.807) is 6.07 Å². The Balaban J connectivity index is 2.12. The summed E-state index contributed by atoms with van der Waals surface area (Å²) in [6.07, 6.45) is 0.549. The molecule has 2 rings (SSSR count). The molecule has 0 amide bonds. The van der Waals surface area contributed by atoms with Crippen molar-refractivity contribution in [1.82, 2.24) is 0 Å². The Morgan fingerprint density at radius 1 is 1.08 bits per heavy atom. The maximum Gasteiger partial charge on any atom is 0.157 e. The molecule has 5 nitrogen and oxygen atoms in total. The van der Waals surface area contributed by atoms with Crippen molar-refractivity contribution in [3.63, 3.8) is 0 Å². The molecule has 2 aromatic carbocycles. The number of benzene rings is 2. The topological polar surface area (TPSA) is 65.0 Å². The van der Waals surface area contributed by atoms with Crippen LogP contribution in [-0.4, -0.2) is 37.1 Å². The van der Waals surface area contributed by atoms with E-state index in [0.717, 1.165) is 5.56 Å². The number of carbonyl (C=O) groups excluding carboxylic acids is 1. The summed E-state index contributed by atoms with van der Waals surface area (Å²) in [7, 11) is 0. The molecule has 0 aliphatic heterocycles. The van der Waals surface area contributed by atoms with Crippen LogP contribution in [0.25, 0.3) is 0 Å². The minimum absolute atomic E-state index is 0.0635. The van der Waals surface area contributed by atoms with Crippen LogP contribution in [0, 0.1) is 0 Å². The Labute approximate surface area is 159 Å². The molecule has 2 aromatic rings. The Morgan fingerprint density at radius 2 is 1.84 bits per heavy atom. The summed E-state index contributed by atoms with van der Waals surface area (Å²) >= 11 is 8.76.